The van der Waals surface area contributed by atoms with E-state index in [9.17, 15) is 27.9 Å². The second kappa shape index (κ2) is 12.1. The van der Waals surface area contributed by atoms with Gasteiger partial charge < -0.3 is 20.1 Å². The molecule has 2 aliphatic rings. The van der Waals surface area contributed by atoms with Crippen LogP contribution in [0.4, 0.5) is 4.79 Å². The number of fused-ring (bicyclic) bond motifs is 2. The molecule has 11 nitrogen and oxygen atoms in total. The number of sulfonamides is 1. The molecule has 3 aromatic carbocycles. The van der Waals surface area contributed by atoms with Gasteiger partial charge in [0.05, 0.1) is 18.3 Å². The summed E-state index contributed by atoms with van der Waals surface area (Å²) in [5.74, 6) is -0.849. The standard InChI is InChI=1S/C32H30N4O7S/c37-24-12-10-21(11-13-24)17-26(34-32(40)43-29-9-3-7-23-6-1-2-8-25(23)29)31(39)35-16-14-27-30(35)28(38)19-36(27)44(41,42)20-22-5-4-15-33-18-22/h1-13,15,18,26-27,30,37H,14,16-17,19-20H2,(H,34,40). The number of benzene rings is 3. The summed E-state index contributed by atoms with van der Waals surface area (Å²) in [6, 6.07) is 19.4. The maximum Gasteiger partial charge on any atom is 0.413 e. The monoisotopic (exact) mass is 614 g/mol. The lowest BCUT2D eigenvalue weighted by atomic mass is 10.0. The van der Waals surface area contributed by atoms with Crippen molar-refractivity contribution in [3.05, 3.63) is 102 Å². The van der Waals surface area contributed by atoms with Gasteiger partial charge in [0.25, 0.3) is 0 Å². The number of pyridine rings is 1. The van der Waals surface area contributed by atoms with Gasteiger partial charge in [-0.3, -0.25) is 14.6 Å². The minimum Gasteiger partial charge on any atom is -0.508 e. The number of aromatic nitrogens is 1. The van der Waals surface area contributed by atoms with Gasteiger partial charge in [-0.05, 0) is 47.2 Å². The van der Waals surface area contributed by atoms with Gasteiger partial charge in [0, 0.05) is 30.7 Å². The largest absolute Gasteiger partial charge is 0.508 e. The Morgan fingerprint density at radius 1 is 1.00 bits per heavy atom. The number of aromatic hydroxyl groups is 1. The van der Waals surface area contributed by atoms with Crippen LogP contribution in [-0.4, -0.2) is 76.7 Å². The van der Waals surface area contributed by atoms with Gasteiger partial charge in [0.2, 0.25) is 15.9 Å². The highest BCUT2D eigenvalue weighted by Gasteiger charge is 2.54. The summed E-state index contributed by atoms with van der Waals surface area (Å²) in [5.41, 5.74) is 1.15. The van der Waals surface area contributed by atoms with E-state index in [2.05, 4.69) is 10.3 Å². The Hall–Kier alpha value is -4.81. The molecule has 0 aliphatic carbocycles. The number of carbonyl (C=O) groups is 3. The fourth-order valence-electron chi connectivity index (χ4n) is 5.98. The van der Waals surface area contributed by atoms with Crippen LogP contribution in [0.3, 0.4) is 0 Å². The van der Waals surface area contributed by atoms with Crippen LogP contribution in [0.15, 0.2) is 91.3 Å². The quantitative estimate of drug-likeness (QED) is 0.308. The molecule has 3 heterocycles. The van der Waals surface area contributed by atoms with Crippen molar-refractivity contribution in [3.63, 3.8) is 0 Å². The molecule has 226 valence electrons. The van der Waals surface area contributed by atoms with Crippen molar-refractivity contribution in [2.75, 3.05) is 13.1 Å². The van der Waals surface area contributed by atoms with Crippen molar-refractivity contribution in [1.82, 2.24) is 19.5 Å². The molecule has 44 heavy (non-hydrogen) atoms. The van der Waals surface area contributed by atoms with E-state index in [1.165, 1.54) is 27.5 Å². The first-order chi connectivity index (χ1) is 21.2. The van der Waals surface area contributed by atoms with Gasteiger partial charge in [0.15, 0.2) is 5.78 Å². The molecule has 1 aromatic heterocycles. The number of amides is 2. The van der Waals surface area contributed by atoms with E-state index in [-0.39, 0.29) is 43.2 Å². The molecule has 2 fully saturated rings. The number of carbonyl (C=O) groups excluding carboxylic acids is 3. The molecule has 2 saturated heterocycles. The molecule has 0 bridgehead atoms. The molecule has 0 radical (unpaired) electrons. The third kappa shape index (κ3) is 5.99. The van der Waals surface area contributed by atoms with Crippen LogP contribution in [0, 0.1) is 0 Å². The Balaban J connectivity index is 1.22. The topological polar surface area (TPSA) is 146 Å². The van der Waals surface area contributed by atoms with Crippen LogP contribution in [0.25, 0.3) is 10.8 Å². The Morgan fingerprint density at radius 3 is 2.55 bits per heavy atom. The van der Waals surface area contributed by atoms with Gasteiger partial charge >= 0.3 is 6.09 Å². The molecule has 2 amide bonds. The van der Waals surface area contributed by atoms with Gasteiger partial charge in [-0.25, -0.2) is 13.2 Å². The Morgan fingerprint density at radius 2 is 1.77 bits per heavy atom. The first kappa shape index (κ1) is 29.3. The Bertz CT molecular complexity index is 1810. The highest BCUT2D eigenvalue weighted by atomic mass is 32.2. The average Bonchev–Trinajstić information content (AvgIpc) is 3.59. The number of Topliss-reactive ketones (excluding diaryl/α,β-unsaturated/α-hetero) is 1. The summed E-state index contributed by atoms with van der Waals surface area (Å²) in [6.07, 6.45) is 2.49. The molecule has 0 spiro atoms. The first-order valence-electron chi connectivity index (χ1n) is 14.2. The molecule has 2 N–H and O–H groups in total. The summed E-state index contributed by atoms with van der Waals surface area (Å²) >= 11 is 0. The fourth-order valence-corrected chi connectivity index (χ4v) is 7.70. The summed E-state index contributed by atoms with van der Waals surface area (Å²) in [7, 11) is -3.87. The van der Waals surface area contributed by atoms with E-state index in [1.807, 2.05) is 30.3 Å². The minimum atomic E-state index is -3.87. The SMILES string of the molecule is O=C(NC(Cc1ccc(O)cc1)C(=O)N1CCC2C1C(=O)CN2S(=O)(=O)Cc1cccnc1)Oc1cccc2ccccc12. The smallest absolute Gasteiger partial charge is 0.413 e. The van der Waals surface area contributed by atoms with Crippen LogP contribution in [-0.2, 0) is 31.8 Å². The molecule has 0 saturated carbocycles. The van der Waals surface area contributed by atoms with Crippen LogP contribution < -0.4 is 10.1 Å². The first-order valence-corrected chi connectivity index (χ1v) is 15.8. The number of phenolic OH excluding ortho intramolecular Hbond substituents is 1. The van der Waals surface area contributed by atoms with Crippen LogP contribution in [0.1, 0.15) is 17.5 Å². The molecule has 6 rings (SSSR count). The van der Waals surface area contributed by atoms with Crippen LogP contribution in [0.5, 0.6) is 11.5 Å². The van der Waals surface area contributed by atoms with Gasteiger partial charge in [-0.2, -0.15) is 4.31 Å². The molecular weight excluding hydrogens is 584 g/mol. The van der Waals surface area contributed by atoms with Gasteiger partial charge in [-0.15, -0.1) is 0 Å². The number of ketones is 1. The van der Waals surface area contributed by atoms with E-state index < -0.39 is 40.1 Å². The van der Waals surface area contributed by atoms with Crippen molar-refractivity contribution >= 4 is 38.6 Å². The molecule has 3 atom stereocenters. The number of phenols is 1. The van der Waals surface area contributed by atoms with E-state index in [4.69, 9.17) is 4.74 Å². The summed E-state index contributed by atoms with van der Waals surface area (Å²) in [4.78, 5) is 45.8. The van der Waals surface area contributed by atoms with Crippen LogP contribution >= 0.6 is 0 Å². The Labute approximate surface area is 254 Å². The number of hydrogen-bond donors (Lipinski definition) is 2. The van der Waals surface area contributed by atoms with Crippen molar-refractivity contribution in [1.29, 1.82) is 0 Å². The summed E-state index contributed by atoms with van der Waals surface area (Å²) in [6.45, 7) is -0.189. The lowest BCUT2D eigenvalue weighted by Gasteiger charge is -2.28. The van der Waals surface area contributed by atoms with Crippen molar-refractivity contribution in [2.45, 2.75) is 36.7 Å². The number of nitrogens with one attached hydrogen (secondary N) is 1. The zero-order valence-corrected chi connectivity index (χ0v) is 24.4. The Kier molecular flexibility index (Phi) is 8.02. The zero-order valence-electron chi connectivity index (χ0n) is 23.6. The van der Waals surface area contributed by atoms with E-state index in [1.54, 1.807) is 42.6 Å². The van der Waals surface area contributed by atoms with Crippen molar-refractivity contribution in [3.8, 4) is 11.5 Å². The van der Waals surface area contributed by atoms with E-state index >= 15 is 0 Å². The fraction of sp³-hybridized carbons (Fsp3) is 0.250. The highest BCUT2D eigenvalue weighted by molar-refractivity contribution is 7.88. The number of nitrogens with zero attached hydrogens (tertiary/aromatic N) is 3. The van der Waals surface area contributed by atoms with Gasteiger partial charge in [0.1, 0.15) is 23.6 Å². The van der Waals surface area contributed by atoms with E-state index in [0.29, 0.717) is 16.9 Å². The summed E-state index contributed by atoms with van der Waals surface area (Å²) < 4.78 is 33.5. The maximum atomic E-state index is 14.0. The average molecular weight is 615 g/mol. The number of ether oxygens (including phenoxy) is 1. The lowest BCUT2D eigenvalue weighted by molar-refractivity contribution is -0.138. The molecule has 2 aliphatic heterocycles. The van der Waals surface area contributed by atoms with Crippen LogP contribution in [0.2, 0.25) is 0 Å². The third-order valence-corrected chi connectivity index (χ3v) is 9.82. The minimum absolute atomic E-state index is 0.0477. The van der Waals surface area contributed by atoms with Crippen molar-refractivity contribution < 1.29 is 32.6 Å². The van der Waals surface area contributed by atoms with Gasteiger partial charge in [-0.1, -0.05) is 54.6 Å². The van der Waals surface area contributed by atoms with E-state index in [0.717, 1.165) is 10.8 Å². The predicted octanol–water partition coefficient (Wildman–Crippen LogP) is 3.02. The third-order valence-electron chi connectivity index (χ3n) is 8.01. The second-order valence-corrected chi connectivity index (χ2v) is 12.8. The maximum absolute atomic E-state index is 14.0. The molecule has 4 aromatic rings. The predicted molar refractivity (Wildman–Crippen MR) is 161 cm³/mol. The molecular formula is C32H30N4O7S. The molecule has 3 unspecified atom stereocenters. The molecule has 12 heteroatoms. The second-order valence-electron chi connectivity index (χ2n) is 10.9. The highest BCUT2D eigenvalue weighted by Crippen LogP contribution is 2.33. The lowest BCUT2D eigenvalue weighted by Crippen LogP contribution is -2.53. The number of hydrogen-bond acceptors (Lipinski definition) is 8. The zero-order chi connectivity index (χ0) is 30.8. The normalized spacial score (nSPS) is 19.1. The number of likely N-dealkylation sites (tertiary alicyclic amines) is 1. The summed E-state index contributed by atoms with van der Waals surface area (Å²) in [5, 5.41) is 14.0. The van der Waals surface area contributed by atoms with Crippen molar-refractivity contribution in [2.24, 2.45) is 0 Å². The number of rotatable bonds is 8.